The minimum Gasteiger partial charge on any atom is -0.384 e. The molecule has 3 heteroatoms. The summed E-state index contributed by atoms with van der Waals surface area (Å²) in [6.07, 6.45) is 3.42. The van der Waals surface area contributed by atoms with Gasteiger partial charge in [-0.05, 0) is 37.0 Å². The van der Waals surface area contributed by atoms with Crippen molar-refractivity contribution in [3.8, 4) is 0 Å². The van der Waals surface area contributed by atoms with Crippen molar-refractivity contribution in [3.63, 3.8) is 0 Å². The van der Waals surface area contributed by atoms with E-state index in [0.29, 0.717) is 0 Å². The Kier molecular flexibility index (Phi) is 5.96. The summed E-state index contributed by atoms with van der Waals surface area (Å²) < 4.78 is 0. The Morgan fingerprint density at radius 1 is 1.09 bits per heavy atom. The van der Waals surface area contributed by atoms with Crippen LogP contribution in [0, 0.1) is 6.92 Å². The number of hydrogen-bond donors (Lipinski definition) is 1. The van der Waals surface area contributed by atoms with Crippen molar-refractivity contribution in [1.29, 1.82) is 0 Å². The van der Waals surface area contributed by atoms with Gasteiger partial charge in [-0.3, -0.25) is 0 Å². The van der Waals surface area contributed by atoms with E-state index < -0.39 is 6.10 Å². The molecular formula is C19H26N2O. The monoisotopic (exact) mass is 298 g/mol. The zero-order valence-electron chi connectivity index (χ0n) is 13.8. The van der Waals surface area contributed by atoms with E-state index in [0.717, 1.165) is 48.4 Å². The second kappa shape index (κ2) is 7.95. The summed E-state index contributed by atoms with van der Waals surface area (Å²) in [5, 5.41) is 10.6. The van der Waals surface area contributed by atoms with Crippen LogP contribution < -0.4 is 4.90 Å². The lowest BCUT2D eigenvalue weighted by atomic mass is 9.99. The van der Waals surface area contributed by atoms with Crippen molar-refractivity contribution in [2.24, 2.45) is 0 Å². The fourth-order valence-corrected chi connectivity index (χ4v) is 2.71. The predicted molar refractivity (Wildman–Crippen MR) is 92.3 cm³/mol. The third-order valence-corrected chi connectivity index (χ3v) is 3.86. The number of aryl methyl sites for hydroxylation is 1. The van der Waals surface area contributed by atoms with E-state index >= 15 is 0 Å². The van der Waals surface area contributed by atoms with Gasteiger partial charge in [0.25, 0.3) is 0 Å². The molecule has 0 aliphatic carbocycles. The molecule has 3 nitrogen and oxygen atoms in total. The Hall–Kier alpha value is -1.87. The summed E-state index contributed by atoms with van der Waals surface area (Å²) in [5.74, 6) is 1.00. The van der Waals surface area contributed by atoms with Crippen molar-refractivity contribution < 1.29 is 5.11 Å². The van der Waals surface area contributed by atoms with Crippen LogP contribution in [0.5, 0.6) is 0 Å². The Labute approximate surface area is 133 Å². The van der Waals surface area contributed by atoms with E-state index in [1.807, 2.05) is 43.5 Å². The van der Waals surface area contributed by atoms with E-state index in [1.54, 1.807) is 0 Å². The van der Waals surface area contributed by atoms with Crippen LogP contribution in [0.3, 0.4) is 0 Å². The summed E-state index contributed by atoms with van der Waals surface area (Å²) in [6, 6.07) is 11.8. The molecule has 0 bridgehead atoms. The van der Waals surface area contributed by atoms with Gasteiger partial charge >= 0.3 is 0 Å². The first-order valence-corrected chi connectivity index (χ1v) is 8.11. The van der Waals surface area contributed by atoms with Gasteiger partial charge in [-0.2, -0.15) is 0 Å². The molecule has 2 rings (SSSR count). The number of pyridine rings is 1. The van der Waals surface area contributed by atoms with E-state index in [2.05, 4.69) is 29.8 Å². The number of benzene rings is 1. The normalized spacial score (nSPS) is 12.2. The van der Waals surface area contributed by atoms with Gasteiger partial charge in [0.05, 0.1) is 0 Å². The van der Waals surface area contributed by atoms with E-state index in [-0.39, 0.29) is 0 Å². The van der Waals surface area contributed by atoms with Gasteiger partial charge in [0.15, 0.2) is 0 Å². The fraction of sp³-hybridized carbons (Fsp3) is 0.421. The SMILES string of the molecule is CCCN(CCC)c1cc(C)c(C(O)c2ccccc2)cn1. The van der Waals surface area contributed by atoms with Crippen LogP contribution in [0.25, 0.3) is 0 Å². The maximum atomic E-state index is 10.6. The van der Waals surface area contributed by atoms with Crippen molar-refractivity contribution in [1.82, 2.24) is 4.98 Å². The third kappa shape index (κ3) is 3.86. The first-order chi connectivity index (χ1) is 10.7. The van der Waals surface area contributed by atoms with E-state index in [9.17, 15) is 5.11 Å². The molecule has 0 fully saturated rings. The van der Waals surface area contributed by atoms with Gasteiger partial charge in [0.2, 0.25) is 0 Å². The molecule has 1 heterocycles. The molecule has 2 aromatic rings. The standard InChI is InChI=1S/C19H26N2O/c1-4-11-21(12-5-2)18-13-15(3)17(14-20-18)19(22)16-9-7-6-8-10-16/h6-10,13-14,19,22H,4-5,11-12H2,1-3H3. The zero-order chi connectivity index (χ0) is 15.9. The molecule has 0 aliphatic rings. The van der Waals surface area contributed by atoms with E-state index in [1.165, 1.54) is 0 Å². The number of nitrogens with zero attached hydrogens (tertiary/aromatic N) is 2. The molecule has 0 saturated carbocycles. The topological polar surface area (TPSA) is 36.4 Å². The highest BCUT2D eigenvalue weighted by Gasteiger charge is 2.15. The van der Waals surface area contributed by atoms with Crippen LogP contribution in [-0.4, -0.2) is 23.2 Å². The molecule has 0 amide bonds. The maximum Gasteiger partial charge on any atom is 0.128 e. The number of aliphatic hydroxyl groups excluding tert-OH is 1. The van der Waals surface area contributed by atoms with Crippen LogP contribution in [0.2, 0.25) is 0 Å². The molecule has 0 spiro atoms. The van der Waals surface area contributed by atoms with Crippen LogP contribution in [0.4, 0.5) is 5.82 Å². The lowest BCUT2D eigenvalue weighted by Crippen LogP contribution is -2.26. The Balaban J connectivity index is 2.25. The smallest absolute Gasteiger partial charge is 0.128 e. The Morgan fingerprint density at radius 3 is 2.27 bits per heavy atom. The van der Waals surface area contributed by atoms with Crippen LogP contribution in [-0.2, 0) is 0 Å². The molecule has 1 aromatic carbocycles. The summed E-state index contributed by atoms with van der Waals surface area (Å²) in [6.45, 7) is 8.44. The lowest BCUT2D eigenvalue weighted by molar-refractivity contribution is 0.219. The molecule has 0 saturated heterocycles. The third-order valence-electron chi connectivity index (χ3n) is 3.86. The van der Waals surface area contributed by atoms with Crippen molar-refractivity contribution >= 4 is 5.82 Å². The highest BCUT2D eigenvalue weighted by atomic mass is 16.3. The summed E-state index contributed by atoms with van der Waals surface area (Å²) >= 11 is 0. The zero-order valence-corrected chi connectivity index (χ0v) is 13.8. The van der Waals surface area contributed by atoms with Crippen molar-refractivity contribution in [2.75, 3.05) is 18.0 Å². The first-order valence-electron chi connectivity index (χ1n) is 8.11. The van der Waals surface area contributed by atoms with Gasteiger partial charge in [-0.1, -0.05) is 44.2 Å². The second-order valence-electron chi connectivity index (χ2n) is 5.70. The Bertz CT molecular complexity index is 577. The van der Waals surface area contributed by atoms with E-state index in [4.69, 9.17) is 0 Å². The molecule has 1 aromatic heterocycles. The highest BCUT2D eigenvalue weighted by Crippen LogP contribution is 2.26. The molecule has 1 N–H and O–H groups in total. The average Bonchev–Trinajstić information content (AvgIpc) is 2.55. The molecule has 1 unspecified atom stereocenters. The van der Waals surface area contributed by atoms with Gasteiger partial charge in [0.1, 0.15) is 11.9 Å². The molecule has 0 radical (unpaired) electrons. The first kappa shape index (κ1) is 16.5. The highest BCUT2D eigenvalue weighted by molar-refractivity contribution is 5.45. The Morgan fingerprint density at radius 2 is 1.73 bits per heavy atom. The molecule has 22 heavy (non-hydrogen) atoms. The summed E-state index contributed by atoms with van der Waals surface area (Å²) in [7, 11) is 0. The summed E-state index contributed by atoms with van der Waals surface area (Å²) in [5.41, 5.74) is 2.86. The van der Waals surface area contributed by atoms with Gasteiger partial charge in [0, 0.05) is 24.8 Å². The molecule has 0 aliphatic heterocycles. The van der Waals surface area contributed by atoms with Crippen molar-refractivity contribution in [3.05, 3.63) is 59.3 Å². The van der Waals surface area contributed by atoms with Gasteiger partial charge < -0.3 is 10.0 Å². The number of hydrogen-bond acceptors (Lipinski definition) is 3. The van der Waals surface area contributed by atoms with Crippen LogP contribution in [0.1, 0.15) is 49.5 Å². The minimum absolute atomic E-state index is 0.617. The number of aliphatic hydroxyl groups is 1. The number of anilines is 1. The quantitative estimate of drug-likeness (QED) is 0.836. The van der Waals surface area contributed by atoms with Gasteiger partial charge in [-0.15, -0.1) is 0 Å². The number of aromatic nitrogens is 1. The molecule has 118 valence electrons. The summed E-state index contributed by atoms with van der Waals surface area (Å²) in [4.78, 5) is 6.90. The average molecular weight is 298 g/mol. The van der Waals surface area contributed by atoms with Crippen molar-refractivity contribution in [2.45, 2.75) is 39.7 Å². The molecule has 1 atom stereocenters. The largest absolute Gasteiger partial charge is 0.384 e. The van der Waals surface area contributed by atoms with Gasteiger partial charge in [-0.25, -0.2) is 4.98 Å². The van der Waals surface area contributed by atoms with Crippen LogP contribution >= 0.6 is 0 Å². The molecular weight excluding hydrogens is 272 g/mol. The second-order valence-corrected chi connectivity index (χ2v) is 5.70. The fourth-order valence-electron chi connectivity index (χ4n) is 2.71. The number of rotatable bonds is 7. The van der Waals surface area contributed by atoms with Crippen LogP contribution in [0.15, 0.2) is 42.6 Å². The minimum atomic E-state index is -0.617. The predicted octanol–water partition coefficient (Wildman–Crippen LogP) is 4.10. The lowest BCUT2D eigenvalue weighted by Gasteiger charge is -2.24. The maximum absolute atomic E-state index is 10.6.